The first kappa shape index (κ1) is 27.9. The second-order valence-electron chi connectivity index (χ2n) is 14.0. The van der Waals surface area contributed by atoms with Crippen molar-refractivity contribution in [1.29, 1.82) is 0 Å². The van der Waals surface area contributed by atoms with Crippen LogP contribution in [0.25, 0.3) is 0 Å². The van der Waals surface area contributed by atoms with Gasteiger partial charge in [0, 0.05) is 18.4 Å². The molecule has 36 heavy (non-hydrogen) atoms. The van der Waals surface area contributed by atoms with Crippen LogP contribution in [0, 0.1) is 52.3 Å². The molecule has 5 heteroatoms. The van der Waals surface area contributed by atoms with Crippen molar-refractivity contribution in [3.05, 3.63) is 0 Å². The monoisotopic (exact) mass is 503 g/mol. The zero-order valence-electron chi connectivity index (χ0n) is 24.0. The largest absolute Gasteiger partial charge is 0.446 e. The lowest BCUT2D eigenvalue weighted by atomic mass is 9.41. The molecule has 0 bridgehead atoms. The Morgan fingerprint density at radius 1 is 1.00 bits per heavy atom. The molecule has 0 aromatic rings. The Balaban J connectivity index is 1.69. The normalized spacial score (nSPS) is 44.8. The Kier molecular flexibility index (Phi) is 8.20. The van der Waals surface area contributed by atoms with Crippen LogP contribution in [0.5, 0.6) is 0 Å². The van der Waals surface area contributed by atoms with Crippen LogP contribution < -0.4 is 5.32 Å². The first-order valence-corrected chi connectivity index (χ1v) is 15.1. The molecule has 0 aliphatic heterocycles. The Hall–Kier alpha value is -1.10. The topological polar surface area (TPSA) is 75.6 Å². The zero-order valence-corrected chi connectivity index (χ0v) is 24.0. The maximum Gasteiger partial charge on any atom is 0.407 e. The first-order chi connectivity index (χ1) is 16.9. The lowest BCUT2D eigenvalue weighted by molar-refractivity contribution is -0.203. The molecule has 0 saturated heterocycles. The minimum absolute atomic E-state index is 0.0494. The van der Waals surface area contributed by atoms with Crippen molar-refractivity contribution >= 4 is 11.9 Å². The van der Waals surface area contributed by atoms with Crippen LogP contribution in [-0.4, -0.2) is 35.2 Å². The predicted octanol–water partition coefficient (Wildman–Crippen LogP) is 6.76. The van der Waals surface area contributed by atoms with E-state index in [4.69, 9.17) is 4.74 Å². The van der Waals surface area contributed by atoms with Crippen molar-refractivity contribution < 1.29 is 19.4 Å². The summed E-state index contributed by atoms with van der Waals surface area (Å²) in [5, 5.41) is 13.7. The van der Waals surface area contributed by atoms with Gasteiger partial charge in [-0.25, -0.2) is 4.79 Å². The van der Waals surface area contributed by atoms with Gasteiger partial charge < -0.3 is 20.0 Å². The molecule has 11 atom stereocenters. The average molecular weight is 504 g/mol. The molecule has 1 amide bonds. The molecule has 2 N–H and O–H groups in total. The molecule has 0 unspecified atom stereocenters. The number of Topliss-reactive ketones (excluding diaryl/α,β-unsaturated/α-hetero) is 1. The number of alkyl carbamates (subject to hydrolysis) is 1. The molecule has 4 saturated carbocycles. The van der Waals surface area contributed by atoms with Crippen LogP contribution in [-0.2, 0) is 9.53 Å². The number of aliphatic hydroxyl groups excluding tert-OH is 1. The third-order valence-corrected chi connectivity index (χ3v) is 11.7. The molecule has 0 heterocycles. The van der Waals surface area contributed by atoms with Gasteiger partial charge in [0.1, 0.15) is 11.9 Å². The van der Waals surface area contributed by atoms with Crippen LogP contribution in [0.2, 0.25) is 0 Å². The number of hydrogen-bond donors (Lipinski definition) is 2. The molecule has 0 spiro atoms. The number of hydrogen-bond acceptors (Lipinski definition) is 4. The first-order valence-electron chi connectivity index (χ1n) is 15.1. The summed E-state index contributed by atoms with van der Waals surface area (Å²) in [5.41, 5.74) is 0.446. The Labute approximate surface area is 219 Å². The Morgan fingerprint density at radius 3 is 2.31 bits per heavy atom. The summed E-state index contributed by atoms with van der Waals surface area (Å²) in [7, 11) is 0. The van der Waals surface area contributed by atoms with Crippen molar-refractivity contribution in [2.75, 3.05) is 0 Å². The smallest absolute Gasteiger partial charge is 0.407 e. The maximum absolute atomic E-state index is 13.0. The number of rotatable bonds is 7. The number of aliphatic hydroxyl groups is 1. The van der Waals surface area contributed by atoms with Gasteiger partial charge in [-0.15, -0.1) is 0 Å². The van der Waals surface area contributed by atoms with E-state index >= 15 is 0 Å². The average Bonchev–Trinajstić information content (AvgIpc) is 3.15. The summed E-state index contributed by atoms with van der Waals surface area (Å²) in [6.07, 6.45) is 9.76. The second kappa shape index (κ2) is 10.6. The Morgan fingerprint density at radius 2 is 1.67 bits per heavy atom. The summed E-state index contributed by atoms with van der Waals surface area (Å²) in [6.45, 7) is 15.3. The zero-order chi connectivity index (χ0) is 26.4. The molecule has 4 aliphatic rings. The van der Waals surface area contributed by atoms with Crippen LogP contribution >= 0.6 is 0 Å². The molecule has 0 aromatic carbocycles. The van der Waals surface area contributed by atoms with Crippen LogP contribution in [0.15, 0.2) is 0 Å². The molecule has 4 rings (SSSR count). The van der Waals surface area contributed by atoms with E-state index in [1.807, 2.05) is 13.8 Å². The Bertz CT molecular complexity index is 812. The number of nitrogens with one attached hydrogen (secondary N) is 1. The number of ketones is 1. The summed E-state index contributed by atoms with van der Waals surface area (Å²) < 4.78 is 6.46. The molecule has 4 aliphatic carbocycles. The minimum Gasteiger partial charge on any atom is -0.446 e. The van der Waals surface area contributed by atoms with E-state index in [2.05, 4.69) is 33.0 Å². The van der Waals surface area contributed by atoms with E-state index < -0.39 is 0 Å². The van der Waals surface area contributed by atoms with Gasteiger partial charge in [-0.3, -0.25) is 0 Å². The fraction of sp³-hybridized carbons (Fsp3) is 0.935. The number of fused-ring (bicyclic) bond motifs is 5. The van der Waals surface area contributed by atoms with Crippen LogP contribution in [0.4, 0.5) is 4.79 Å². The molecule has 206 valence electrons. The van der Waals surface area contributed by atoms with Crippen LogP contribution in [0.3, 0.4) is 0 Å². The highest BCUT2D eigenvalue weighted by molar-refractivity contribution is 5.75. The van der Waals surface area contributed by atoms with Crippen molar-refractivity contribution in [3.63, 3.8) is 0 Å². The second-order valence-corrected chi connectivity index (χ2v) is 14.0. The summed E-state index contributed by atoms with van der Waals surface area (Å²) >= 11 is 0. The van der Waals surface area contributed by atoms with Crippen LogP contribution in [0.1, 0.15) is 113 Å². The summed E-state index contributed by atoms with van der Waals surface area (Å²) in [6, 6.07) is 0.0494. The summed E-state index contributed by atoms with van der Waals surface area (Å²) in [4.78, 5) is 24.8. The summed E-state index contributed by atoms with van der Waals surface area (Å²) in [5.74, 6) is 3.64. The number of amides is 1. The molecule has 0 aromatic heterocycles. The predicted molar refractivity (Wildman–Crippen MR) is 143 cm³/mol. The lowest BCUT2D eigenvalue weighted by Gasteiger charge is -2.65. The van der Waals surface area contributed by atoms with E-state index in [1.165, 1.54) is 25.7 Å². The van der Waals surface area contributed by atoms with Gasteiger partial charge in [-0.05, 0) is 125 Å². The highest BCUT2D eigenvalue weighted by Gasteiger charge is 2.66. The van der Waals surface area contributed by atoms with Gasteiger partial charge in [0.2, 0.25) is 0 Å². The molecular weight excluding hydrogens is 450 g/mol. The molecule has 4 fully saturated rings. The third kappa shape index (κ3) is 4.87. The molecule has 5 nitrogen and oxygen atoms in total. The van der Waals surface area contributed by atoms with E-state index in [0.29, 0.717) is 53.6 Å². The van der Waals surface area contributed by atoms with Gasteiger partial charge in [0.15, 0.2) is 0 Å². The van der Waals surface area contributed by atoms with Gasteiger partial charge in [-0.2, -0.15) is 0 Å². The fourth-order valence-electron chi connectivity index (χ4n) is 10.1. The number of ether oxygens (including phenoxy) is 1. The highest BCUT2D eigenvalue weighted by Crippen LogP contribution is 2.70. The van der Waals surface area contributed by atoms with Crippen molar-refractivity contribution in [2.24, 2.45) is 52.3 Å². The van der Waals surface area contributed by atoms with Crippen molar-refractivity contribution in [1.82, 2.24) is 5.32 Å². The SMILES string of the molecule is CC[C@H]1[C@@H](OC(=O)NC(C)C)[C@@H]2[C@H](CC[C@]3(C)[C@@H]([C@H](C)CCC(C)=O)CC[C@@H]23)[C@@]2(C)CC[C@@H](O)C[C@@H]12. The standard InChI is InChI=1S/C31H53NO4/c1-8-22-26-17-21(34)13-15-31(26,7)25-14-16-30(6)23(19(4)9-10-20(5)33)11-12-24(30)27(25)28(22)36-29(35)32-18(2)3/h18-19,21-28,34H,8-17H2,1-7H3,(H,32,35)/t19-,21-,22-,23-,24+,25+,26+,27+,28-,30-,31-/m1/s1. The minimum atomic E-state index is -0.274. The maximum atomic E-state index is 13.0. The number of carbonyl (C=O) groups is 2. The fourth-order valence-corrected chi connectivity index (χ4v) is 10.1. The third-order valence-electron chi connectivity index (χ3n) is 11.7. The molecule has 0 radical (unpaired) electrons. The van der Waals surface area contributed by atoms with Crippen molar-refractivity contribution in [2.45, 2.75) is 131 Å². The van der Waals surface area contributed by atoms with Gasteiger partial charge in [0.25, 0.3) is 0 Å². The highest BCUT2D eigenvalue weighted by atomic mass is 16.6. The quantitative estimate of drug-likeness (QED) is 0.402. The van der Waals surface area contributed by atoms with E-state index in [0.717, 1.165) is 32.1 Å². The van der Waals surface area contributed by atoms with E-state index in [-0.39, 0.29) is 35.2 Å². The molecular formula is C31H53NO4. The number of carbonyl (C=O) groups excluding carboxylic acids is 2. The van der Waals surface area contributed by atoms with Crippen molar-refractivity contribution in [3.8, 4) is 0 Å². The van der Waals surface area contributed by atoms with E-state index in [1.54, 1.807) is 6.92 Å². The van der Waals surface area contributed by atoms with Gasteiger partial charge >= 0.3 is 6.09 Å². The van der Waals surface area contributed by atoms with E-state index in [9.17, 15) is 14.7 Å². The van der Waals surface area contributed by atoms with Gasteiger partial charge in [0.05, 0.1) is 6.10 Å². The lowest BCUT2D eigenvalue weighted by Crippen LogP contribution is -2.63. The van der Waals surface area contributed by atoms with Gasteiger partial charge in [-0.1, -0.05) is 27.7 Å².